The third kappa shape index (κ3) is 2.52. The van der Waals surface area contributed by atoms with Crippen LogP contribution in [0.2, 0.25) is 0 Å². The average molecular weight is 322 g/mol. The number of fused-ring (bicyclic) bond motifs is 2. The first kappa shape index (κ1) is 15.1. The van der Waals surface area contributed by atoms with Crippen LogP contribution in [0.15, 0.2) is 47.3 Å². The summed E-state index contributed by atoms with van der Waals surface area (Å²) < 4.78 is 15.3. The molecular formula is C20H19FN2O. The van der Waals surface area contributed by atoms with E-state index in [0.717, 1.165) is 36.3 Å². The van der Waals surface area contributed by atoms with E-state index >= 15 is 0 Å². The first-order chi connectivity index (χ1) is 11.4. The molecule has 0 spiro atoms. The third-order valence-corrected chi connectivity index (χ3v) is 4.84. The summed E-state index contributed by atoms with van der Waals surface area (Å²) in [4.78, 5) is 17.5. The van der Waals surface area contributed by atoms with Gasteiger partial charge >= 0.3 is 0 Å². The van der Waals surface area contributed by atoms with Gasteiger partial charge in [0.25, 0.3) is 5.56 Å². The van der Waals surface area contributed by atoms with Crippen molar-refractivity contribution in [2.75, 3.05) is 0 Å². The predicted molar refractivity (Wildman–Crippen MR) is 93.5 cm³/mol. The van der Waals surface area contributed by atoms with Crippen molar-refractivity contribution in [2.24, 2.45) is 5.41 Å². The second-order valence-corrected chi connectivity index (χ2v) is 7.32. The quantitative estimate of drug-likeness (QED) is 0.674. The Bertz CT molecular complexity index is 1000. The minimum atomic E-state index is -0.271. The topological polar surface area (TPSA) is 34.9 Å². The van der Waals surface area contributed by atoms with Crippen molar-refractivity contribution in [3.05, 3.63) is 64.5 Å². The number of benzene rings is 2. The Morgan fingerprint density at radius 3 is 2.71 bits per heavy atom. The summed E-state index contributed by atoms with van der Waals surface area (Å²) in [5.74, 6) is 0.577. The fourth-order valence-corrected chi connectivity index (χ4v) is 3.41. The number of hydrogen-bond acceptors (Lipinski definition) is 2. The molecule has 0 radical (unpaired) electrons. The Morgan fingerprint density at radius 1 is 1.12 bits per heavy atom. The van der Waals surface area contributed by atoms with Gasteiger partial charge in [0.05, 0.1) is 10.9 Å². The van der Waals surface area contributed by atoms with Gasteiger partial charge in [0.2, 0.25) is 0 Å². The molecule has 0 saturated heterocycles. The largest absolute Gasteiger partial charge is 0.296 e. The van der Waals surface area contributed by atoms with Gasteiger partial charge in [-0.2, -0.15) is 0 Å². The molecule has 1 aliphatic rings. The van der Waals surface area contributed by atoms with E-state index in [1.54, 1.807) is 16.7 Å². The molecular weight excluding hydrogens is 303 g/mol. The molecule has 122 valence electrons. The molecule has 3 aromatic rings. The molecule has 2 aromatic carbocycles. The SMILES string of the molecule is CC1(C)CCn2c(nc3cc(-c4cccc(F)c4)ccc3c2=O)C1. The molecule has 3 nitrogen and oxygen atoms in total. The number of nitrogens with zero attached hydrogens (tertiary/aromatic N) is 2. The monoisotopic (exact) mass is 322 g/mol. The molecule has 0 unspecified atom stereocenters. The molecule has 0 aliphatic carbocycles. The van der Waals surface area contributed by atoms with Crippen LogP contribution in [0.5, 0.6) is 0 Å². The van der Waals surface area contributed by atoms with E-state index in [-0.39, 0.29) is 16.8 Å². The van der Waals surface area contributed by atoms with Gasteiger partial charge in [-0.25, -0.2) is 9.37 Å². The van der Waals surface area contributed by atoms with Gasteiger partial charge in [-0.1, -0.05) is 32.0 Å². The molecule has 0 atom stereocenters. The molecule has 0 amide bonds. The molecule has 1 aromatic heterocycles. The van der Waals surface area contributed by atoms with Crippen molar-refractivity contribution < 1.29 is 4.39 Å². The number of halogens is 1. The van der Waals surface area contributed by atoms with Crippen molar-refractivity contribution in [2.45, 2.75) is 33.2 Å². The van der Waals surface area contributed by atoms with Gasteiger partial charge in [-0.15, -0.1) is 0 Å². The zero-order valence-electron chi connectivity index (χ0n) is 13.8. The molecule has 0 bridgehead atoms. The Labute approximate surface area is 139 Å². The lowest BCUT2D eigenvalue weighted by atomic mass is 9.83. The summed E-state index contributed by atoms with van der Waals surface area (Å²) in [6.45, 7) is 5.13. The molecule has 2 heterocycles. The van der Waals surface area contributed by atoms with E-state index in [4.69, 9.17) is 4.98 Å². The maximum atomic E-state index is 13.5. The summed E-state index contributed by atoms with van der Waals surface area (Å²) in [5.41, 5.74) is 2.53. The normalized spacial score (nSPS) is 16.1. The second-order valence-electron chi connectivity index (χ2n) is 7.32. The Balaban J connectivity index is 1.90. The maximum Gasteiger partial charge on any atom is 0.261 e. The summed E-state index contributed by atoms with van der Waals surface area (Å²) >= 11 is 0. The fourth-order valence-electron chi connectivity index (χ4n) is 3.41. The van der Waals surface area contributed by atoms with Crippen LogP contribution >= 0.6 is 0 Å². The summed E-state index contributed by atoms with van der Waals surface area (Å²) in [5, 5.41) is 0.624. The lowest BCUT2D eigenvalue weighted by Crippen LogP contribution is -2.35. The molecule has 24 heavy (non-hydrogen) atoms. The Hall–Kier alpha value is -2.49. The highest BCUT2D eigenvalue weighted by Crippen LogP contribution is 2.31. The summed E-state index contributed by atoms with van der Waals surface area (Å²) in [7, 11) is 0. The summed E-state index contributed by atoms with van der Waals surface area (Å²) in [6, 6.07) is 12.0. The van der Waals surface area contributed by atoms with Crippen LogP contribution in [-0.4, -0.2) is 9.55 Å². The van der Waals surface area contributed by atoms with Gasteiger partial charge in [0, 0.05) is 13.0 Å². The van der Waals surface area contributed by atoms with Crippen LogP contribution in [-0.2, 0) is 13.0 Å². The van der Waals surface area contributed by atoms with E-state index in [1.807, 2.05) is 18.2 Å². The minimum absolute atomic E-state index is 0.0243. The van der Waals surface area contributed by atoms with Crippen molar-refractivity contribution in [3.63, 3.8) is 0 Å². The van der Waals surface area contributed by atoms with E-state index in [1.165, 1.54) is 12.1 Å². The van der Waals surface area contributed by atoms with Crippen LogP contribution in [0.25, 0.3) is 22.0 Å². The van der Waals surface area contributed by atoms with Crippen LogP contribution in [0.1, 0.15) is 26.1 Å². The van der Waals surface area contributed by atoms with E-state index in [0.29, 0.717) is 10.9 Å². The van der Waals surface area contributed by atoms with Crippen LogP contribution < -0.4 is 5.56 Å². The smallest absolute Gasteiger partial charge is 0.261 e. The molecule has 0 saturated carbocycles. The van der Waals surface area contributed by atoms with E-state index in [2.05, 4.69) is 13.8 Å². The highest BCUT2D eigenvalue weighted by Gasteiger charge is 2.27. The fraction of sp³-hybridized carbons (Fsp3) is 0.300. The standard InChI is InChI=1S/C20H19FN2O/c1-20(2)8-9-23-18(12-20)22-17-11-14(6-7-16(17)19(23)24)13-4-3-5-15(21)10-13/h3-7,10-11H,8-9,12H2,1-2H3. The number of aromatic nitrogens is 2. The third-order valence-electron chi connectivity index (χ3n) is 4.84. The van der Waals surface area contributed by atoms with Gasteiger partial charge < -0.3 is 0 Å². The molecule has 0 fully saturated rings. The van der Waals surface area contributed by atoms with Crippen LogP contribution in [0.4, 0.5) is 4.39 Å². The van der Waals surface area contributed by atoms with Gasteiger partial charge in [-0.05, 0) is 47.2 Å². The highest BCUT2D eigenvalue weighted by atomic mass is 19.1. The average Bonchev–Trinajstić information content (AvgIpc) is 2.53. The van der Waals surface area contributed by atoms with Crippen molar-refractivity contribution in [3.8, 4) is 11.1 Å². The van der Waals surface area contributed by atoms with Crippen molar-refractivity contribution >= 4 is 10.9 Å². The zero-order chi connectivity index (χ0) is 16.9. The Kier molecular flexibility index (Phi) is 3.30. The maximum absolute atomic E-state index is 13.5. The minimum Gasteiger partial charge on any atom is -0.296 e. The van der Waals surface area contributed by atoms with E-state index in [9.17, 15) is 9.18 Å². The summed E-state index contributed by atoms with van der Waals surface area (Å²) in [6.07, 6.45) is 1.77. The van der Waals surface area contributed by atoms with Crippen molar-refractivity contribution in [1.29, 1.82) is 0 Å². The molecule has 4 rings (SSSR count). The lowest BCUT2D eigenvalue weighted by molar-refractivity contribution is 0.261. The number of hydrogen-bond donors (Lipinski definition) is 0. The van der Waals surface area contributed by atoms with Gasteiger partial charge in [0.15, 0.2) is 0 Å². The lowest BCUT2D eigenvalue weighted by Gasteiger charge is -2.31. The Morgan fingerprint density at radius 2 is 1.92 bits per heavy atom. The van der Waals surface area contributed by atoms with E-state index < -0.39 is 0 Å². The highest BCUT2D eigenvalue weighted by molar-refractivity contribution is 5.83. The molecule has 0 N–H and O–H groups in total. The van der Waals surface area contributed by atoms with Crippen molar-refractivity contribution in [1.82, 2.24) is 9.55 Å². The first-order valence-corrected chi connectivity index (χ1v) is 8.22. The first-order valence-electron chi connectivity index (χ1n) is 8.22. The number of rotatable bonds is 1. The molecule has 1 aliphatic heterocycles. The molecule has 4 heteroatoms. The predicted octanol–water partition coefficient (Wildman–Crippen LogP) is 4.18. The van der Waals surface area contributed by atoms with Gasteiger partial charge in [-0.3, -0.25) is 9.36 Å². The zero-order valence-corrected chi connectivity index (χ0v) is 13.8. The van der Waals surface area contributed by atoms with Crippen LogP contribution in [0.3, 0.4) is 0 Å². The van der Waals surface area contributed by atoms with Crippen LogP contribution in [0, 0.1) is 11.2 Å². The second kappa shape index (κ2) is 5.26. The van der Waals surface area contributed by atoms with Gasteiger partial charge in [0.1, 0.15) is 11.6 Å².